The zero-order valence-corrected chi connectivity index (χ0v) is 9.47. The smallest absolute Gasteiger partial charge is 0.293 e. The van der Waals surface area contributed by atoms with Crippen molar-refractivity contribution in [2.45, 2.75) is 0 Å². The number of hydrogen-bond donors (Lipinski definition) is 2. The van der Waals surface area contributed by atoms with Crippen molar-refractivity contribution in [3.05, 3.63) is 62.3 Å². The maximum absolute atomic E-state index is 12.1. The van der Waals surface area contributed by atoms with Crippen LogP contribution in [-0.4, -0.2) is 21.8 Å². The summed E-state index contributed by atoms with van der Waals surface area (Å²) >= 11 is 0. The summed E-state index contributed by atoms with van der Waals surface area (Å²) in [5, 5.41) is 0. The summed E-state index contributed by atoms with van der Waals surface area (Å²) in [6, 6.07) is 7.28. The minimum atomic E-state index is -0.779. The first kappa shape index (κ1) is 11.1. The molecule has 0 unspecified atom stereocenters. The number of H-pyrrole nitrogens is 2. The largest absolute Gasteiger partial charge is 0.327 e. The third-order valence-electron chi connectivity index (χ3n) is 2.78. The molecule has 1 aliphatic heterocycles. The van der Waals surface area contributed by atoms with Crippen molar-refractivity contribution in [3.8, 4) is 0 Å². The maximum Gasteiger partial charge on any atom is 0.327 e. The van der Waals surface area contributed by atoms with Gasteiger partial charge in [0.2, 0.25) is 0 Å². The number of carbonyl (C=O) groups is 2. The fourth-order valence-electron chi connectivity index (χ4n) is 1.98. The Kier molecular flexibility index (Phi) is 2.21. The Hall–Kier alpha value is -2.96. The number of benzene rings is 1. The minimum Gasteiger partial charge on any atom is -0.293 e. The van der Waals surface area contributed by atoms with Gasteiger partial charge in [-0.25, -0.2) is 9.69 Å². The first-order valence-corrected chi connectivity index (χ1v) is 5.39. The second-order valence-electron chi connectivity index (χ2n) is 3.96. The van der Waals surface area contributed by atoms with Gasteiger partial charge in [0, 0.05) is 6.07 Å². The van der Waals surface area contributed by atoms with Crippen molar-refractivity contribution in [2.24, 2.45) is 0 Å². The fraction of sp³-hybridized carbons (Fsp3) is 0. The molecule has 3 rings (SSSR count). The monoisotopic (exact) mass is 257 g/mol. The standard InChI is InChI=1S/C12H7N3O4/c16-9-5-8(13-12(19)14-9)15-10(17)6-3-1-2-4-7(6)11(15)18/h1-5H,(H2,13,14,16,19). The number of amides is 2. The Morgan fingerprint density at radius 3 is 1.95 bits per heavy atom. The number of aromatic nitrogens is 2. The number of rotatable bonds is 1. The lowest BCUT2D eigenvalue weighted by Crippen LogP contribution is -2.34. The molecule has 1 aliphatic rings. The van der Waals surface area contributed by atoms with Gasteiger partial charge in [-0.3, -0.25) is 24.4 Å². The molecule has 0 saturated heterocycles. The number of aromatic amines is 2. The molecule has 19 heavy (non-hydrogen) atoms. The molecule has 0 saturated carbocycles. The van der Waals surface area contributed by atoms with Gasteiger partial charge in [0.15, 0.2) is 0 Å². The first-order valence-electron chi connectivity index (χ1n) is 5.39. The van der Waals surface area contributed by atoms with Gasteiger partial charge in [-0.15, -0.1) is 0 Å². The van der Waals surface area contributed by atoms with Crippen LogP contribution in [0.3, 0.4) is 0 Å². The lowest BCUT2D eigenvalue weighted by molar-refractivity contribution is 0.0925. The zero-order chi connectivity index (χ0) is 13.6. The summed E-state index contributed by atoms with van der Waals surface area (Å²) in [6.07, 6.45) is 0. The van der Waals surface area contributed by atoms with Crippen LogP contribution < -0.4 is 16.1 Å². The van der Waals surface area contributed by atoms with Crippen LogP contribution in [-0.2, 0) is 0 Å². The van der Waals surface area contributed by atoms with Gasteiger partial charge in [0.1, 0.15) is 5.82 Å². The van der Waals surface area contributed by atoms with Crippen molar-refractivity contribution in [3.63, 3.8) is 0 Å². The van der Waals surface area contributed by atoms with Crippen LogP contribution in [0, 0.1) is 0 Å². The van der Waals surface area contributed by atoms with Crippen LogP contribution in [0.4, 0.5) is 5.82 Å². The second kappa shape index (κ2) is 3.77. The van der Waals surface area contributed by atoms with Gasteiger partial charge < -0.3 is 0 Å². The van der Waals surface area contributed by atoms with Crippen LogP contribution in [0.15, 0.2) is 39.9 Å². The fourth-order valence-corrected chi connectivity index (χ4v) is 1.98. The quantitative estimate of drug-likeness (QED) is 0.694. The van der Waals surface area contributed by atoms with E-state index in [0.29, 0.717) is 0 Å². The van der Waals surface area contributed by atoms with Gasteiger partial charge in [-0.05, 0) is 12.1 Å². The molecule has 7 heteroatoms. The number of carbonyl (C=O) groups excluding carboxylic acids is 2. The number of nitrogens with zero attached hydrogens (tertiary/aromatic N) is 1. The summed E-state index contributed by atoms with van der Waals surface area (Å²) in [5.41, 5.74) is -0.975. The number of imide groups is 1. The van der Waals surface area contributed by atoms with E-state index >= 15 is 0 Å². The average Bonchev–Trinajstić information content (AvgIpc) is 2.61. The third-order valence-corrected chi connectivity index (χ3v) is 2.78. The molecule has 0 fully saturated rings. The van der Waals surface area contributed by atoms with E-state index in [1.165, 1.54) is 12.1 Å². The molecule has 2 aromatic rings. The lowest BCUT2D eigenvalue weighted by Gasteiger charge is -2.12. The second-order valence-corrected chi connectivity index (χ2v) is 3.96. The van der Waals surface area contributed by atoms with E-state index < -0.39 is 23.1 Å². The number of nitrogens with one attached hydrogen (secondary N) is 2. The lowest BCUT2D eigenvalue weighted by atomic mass is 10.1. The Morgan fingerprint density at radius 1 is 0.842 bits per heavy atom. The van der Waals surface area contributed by atoms with E-state index in [9.17, 15) is 19.2 Å². The van der Waals surface area contributed by atoms with Gasteiger partial charge >= 0.3 is 5.69 Å². The van der Waals surface area contributed by atoms with Crippen LogP contribution in [0.1, 0.15) is 20.7 Å². The van der Waals surface area contributed by atoms with Gasteiger partial charge in [0.25, 0.3) is 17.4 Å². The van der Waals surface area contributed by atoms with Crippen LogP contribution in [0.25, 0.3) is 0 Å². The molecular weight excluding hydrogens is 250 g/mol. The topological polar surface area (TPSA) is 103 Å². The van der Waals surface area contributed by atoms with Crippen molar-refractivity contribution < 1.29 is 9.59 Å². The first-order chi connectivity index (χ1) is 9.08. The van der Waals surface area contributed by atoms with E-state index in [0.717, 1.165) is 11.0 Å². The molecule has 0 aliphatic carbocycles. The molecule has 1 aromatic heterocycles. The zero-order valence-electron chi connectivity index (χ0n) is 9.47. The molecule has 0 spiro atoms. The SMILES string of the molecule is O=C1c2ccccc2C(=O)N1c1cc(=O)[nH]c(=O)[nH]1. The molecule has 94 valence electrons. The maximum atomic E-state index is 12.1. The van der Waals surface area contributed by atoms with Crippen molar-refractivity contribution >= 4 is 17.6 Å². The molecule has 0 bridgehead atoms. The van der Waals surface area contributed by atoms with E-state index in [2.05, 4.69) is 4.98 Å². The van der Waals surface area contributed by atoms with E-state index in [1.54, 1.807) is 12.1 Å². The molecule has 2 amide bonds. The number of hydrogen-bond acceptors (Lipinski definition) is 4. The highest BCUT2D eigenvalue weighted by molar-refractivity contribution is 6.34. The van der Waals surface area contributed by atoms with Crippen LogP contribution >= 0.6 is 0 Å². The molecule has 0 atom stereocenters. The van der Waals surface area contributed by atoms with E-state index in [-0.39, 0.29) is 16.9 Å². The van der Waals surface area contributed by atoms with Crippen LogP contribution in [0.2, 0.25) is 0 Å². The van der Waals surface area contributed by atoms with Gasteiger partial charge in [-0.1, -0.05) is 12.1 Å². The Bertz CT molecular complexity index is 755. The Labute approximate surface area is 105 Å². The predicted molar refractivity (Wildman–Crippen MR) is 65.3 cm³/mol. The Morgan fingerprint density at radius 2 is 1.42 bits per heavy atom. The summed E-state index contributed by atoms with van der Waals surface area (Å²) < 4.78 is 0. The molecule has 2 heterocycles. The highest BCUT2D eigenvalue weighted by atomic mass is 16.2. The molecular formula is C12H7N3O4. The molecule has 2 N–H and O–H groups in total. The molecule has 1 aromatic carbocycles. The van der Waals surface area contributed by atoms with Crippen LogP contribution in [0.5, 0.6) is 0 Å². The number of anilines is 1. The summed E-state index contributed by atoms with van der Waals surface area (Å²) in [5.74, 6) is -1.27. The average molecular weight is 257 g/mol. The Balaban J connectivity index is 2.19. The predicted octanol–water partition coefficient (Wildman–Crippen LogP) is -0.136. The minimum absolute atomic E-state index is 0.139. The highest BCUT2D eigenvalue weighted by Crippen LogP contribution is 2.25. The van der Waals surface area contributed by atoms with Crippen molar-refractivity contribution in [2.75, 3.05) is 4.90 Å². The summed E-state index contributed by atoms with van der Waals surface area (Å²) in [6.45, 7) is 0. The van der Waals surface area contributed by atoms with Crippen molar-refractivity contribution in [1.29, 1.82) is 0 Å². The number of fused-ring (bicyclic) bond motifs is 1. The van der Waals surface area contributed by atoms with Gasteiger partial charge in [0.05, 0.1) is 11.1 Å². The van der Waals surface area contributed by atoms with Crippen molar-refractivity contribution in [1.82, 2.24) is 9.97 Å². The van der Waals surface area contributed by atoms with E-state index in [1.807, 2.05) is 4.98 Å². The molecule has 0 radical (unpaired) electrons. The normalized spacial score (nSPS) is 13.8. The van der Waals surface area contributed by atoms with Gasteiger partial charge in [-0.2, -0.15) is 0 Å². The summed E-state index contributed by atoms with van der Waals surface area (Å²) in [7, 11) is 0. The van der Waals surface area contributed by atoms with E-state index in [4.69, 9.17) is 0 Å². The summed E-state index contributed by atoms with van der Waals surface area (Å²) in [4.78, 5) is 51.6. The third kappa shape index (κ3) is 1.60. The highest BCUT2D eigenvalue weighted by Gasteiger charge is 2.36. The molecule has 7 nitrogen and oxygen atoms in total.